The van der Waals surface area contributed by atoms with E-state index in [9.17, 15) is 9.59 Å². The van der Waals surface area contributed by atoms with Crippen LogP contribution in [-0.2, 0) is 4.79 Å². The maximum Gasteiger partial charge on any atom is 0.260 e. The van der Waals surface area contributed by atoms with E-state index in [2.05, 4.69) is 4.98 Å². The van der Waals surface area contributed by atoms with Gasteiger partial charge in [-0.1, -0.05) is 29.8 Å². The van der Waals surface area contributed by atoms with Gasteiger partial charge in [0.05, 0.1) is 17.6 Å². The number of nitrogens with two attached hydrogens (primary N) is 1. The molecule has 2 unspecified atom stereocenters. The van der Waals surface area contributed by atoms with Gasteiger partial charge in [0.2, 0.25) is 11.8 Å². The van der Waals surface area contributed by atoms with Gasteiger partial charge in [-0.2, -0.15) is 0 Å². The van der Waals surface area contributed by atoms with Crippen molar-refractivity contribution >= 4 is 29.1 Å². The molecule has 3 rings (SSSR count). The lowest BCUT2D eigenvalue weighted by molar-refractivity contribution is -0.119. The van der Waals surface area contributed by atoms with E-state index < -0.39 is 5.92 Å². The van der Waals surface area contributed by atoms with E-state index >= 15 is 0 Å². The Balaban J connectivity index is 1.98. The molecule has 0 saturated carbocycles. The third kappa shape index (κ3) is 3.76. The molecule has 0 saturated heterocycles. The molecule has 2 heterocycles. The van der Waals surface area contributed by atoms with Crippen LogP contribution in [-0.4, -0.2) is 28.9 Å². The van der Waals surface area contributed by atoms with E-state index in [4.69, 9.17) is 22.1 Å². The predicted molar refractivity (Wildman–Crippen MR) is 104 cm³/mol. The van der Waals surface area contributed by atoms with E-state index in [0.717, 1.165) is 5.56 Å². The number of carbonyl (C=O) groups excluding carboxylic acids is 2. The van der Waals surface area contributed by atoms with Gasteiger partial charge >= 0.3 is 0 Å². The predicted octanol–water partition coefficient (Wildman–Crippen LogP) is 3.53. The van der Waals surface area contributed by atoms with Gasteiger partial charge in [-0.3, -0.25) is 9.59 Å². The van der Waals surface area contributed by atoms with Gasteiger partial charge in [-0.25, -0.2) is 4.98 Å². The van der Waals surface area contributed by atoms with Gasteiger partial charge in [0.15, 0.2) is 0 Å². The third-order valence-electron chi connectivity index (χ3n) is 4.55. The zero-order valence-corrected chi connectivity index (χ0v) is 16.2. The third-order valence-corrected chi connectivity index (χ3v) is 4.82. The molecule has 142 valence electrons. The average Bonchev–Trinajstić information content (AvgIpc) is 2.61. The van der Waals surface area contributed by atoms with Crippen LogP contribution in [0.5, 0.6) is 5.88 Å². The van der Waals surface area contributed by atoms with Crippen LogP contribution in [0.15, 0.2) is 36.5 Å². The van der Waals surface area contributed by atoms with Crippen LogP contribution >= 0.6 is 11.6 Å². The quantitative estimate of drug-likeness (QED) is 0.869. The normalized spacial score (nSPS) is 18.9. The molecule has 6 nitrogen and oxygen atoms in total. The van der Waals surface area contributed by atoms with Gasteiger partial charge in [-0.15, -0.1) is 0 Å². The van der Waals surface area contributed by atoms with Crippen LogP contribution in [0.25, 0.3) is 0 Å². The number of para-hydroxylation sites is 1. The summed E-state index contributed by atoms with van der Waals surface area (Å²) in [6.07, 6.45) is 1.85. The molecular weight excluding hydrogens is 366 g/mol. The Bertz CT molecular complexity index is 885. The highest BCUT2D eigenvalue weighted by Gasteiger charge is 2.36. The van der Waals surface area contributed by atoms with Crippen LogP contribution in [0, 0.1) is 0 Å². The Kier molecular flexibility index (Phi) is 5.37. The second-order valence-electron chi connectivity index (χ2n) is 6.95. The van der Waals surface area contributed by atoms with Crippen molar-refractivity contribution in [1.29, 1.82) is 0 Å². The second-order valence-corrected chi connectivity index (χ2v) is 7.36. The summed E-state index contributed by atoms with van der Waals surface area (Å²) in [6, 6.07) is 8.69. The van der Waals surface area contributed by atoms with Crippen molar-refractivity contribution in [3.8, 4) is 5.88 Å². The number of anilines is 1. The molecule has 0 spiro atoms. The summed E-state index contributed by atoms with van der Waals surface area (Å²) >= 11 is 6.24. The zero-order valence-electron chi connectivity index (χ0n) is 15.5. The molecule has 1 aliphatic rings. The fourth-order valence-electron chi connectivity index (χ4n) is 3.38. The Morgan fingerprint density at radius 1 is 1.33 bits per heavy atom. The molecule has 1 aliphatic heterocycles. The van der Waals surface area contributed by atoms with E-state index in [1.807, 2.05) is 45.0 Å². The minimum Gasteiger partial charge on any atom is -0.474 e. The monoisotopic (exact) mass is 387 g/mol. The van der Waals surface area contributed by atoms with Crippen LogP contribution < -0.4 is 15.4 Å². The van der Waals surface area contributed by atoms with Crippen molar-refractivity contribution in [3.63, 3.8) is 0 Å². The molecule has 2 N–H and O–H groups in total. The average molecular weight is 388 g/mol. The number of hydrogen-bond donors (Lipinski definition) is 1. The van der Waals surface area contributed by atoms with Gasteiger partial charge in [0.1, 0.15) is 5.02 Å². The molecule has 0 aliphatic carbocycles. The molecule has 1 aromatic carbocycles. The Morgan fingerprint density at radius 3 is 2.67 bits per heavy atom. The molecule has 2 aromatic rings. The summed E-state index contributed by atoms with van der Waals surface area (Å²) in [4.78, 5) is 30.9. The molecule has 27 heavy (non-hydrogen) atoms. The molecule has 1 aromatic heterocycles. The first-order chi connectivity index (χ1) is 12.8. The van der Waals surface area contributed by atoms with E-state index in [1.54, 1.807) is 11.0 Å². The summed E-state index contributed by atoms with van der Waals surface area (Å²) in [5.41, 5.74) is 7.37. The number of primary amides is 1. The maximum absolute atomic E-state index is 13.2. The van der Waals surface area contributed by atoms with Gasteiger partial charge in [-0.05, 0) is 44.9 Å². The minimum absolute atomic E-state index is 0.0729. The number of benzene rings is 1. The number of hydrogen-bond acceptors (Lipinski definition) is 4. The standard InChI is InChI=1S/C20H22ClN3O3/c1-11(2)27-19-16(21)9-13(10-23-19)20(26)24-12(3)8-15(18(22)25)14-6-4-5-7-17(14)24/h4-7,9-12,15H,8H2,1-3H3,(H2,22,25). The van der Waals surface area contributed by atoms with Crippen molar-refractivity contribution in [3.05, 3.63) is 52.7 Å². The second kappa shape index (κ2) is 7.56. The molecule has 2 amide bonds. The van der Waals surface area contributed by atoms with Crippen molar-refractivity contribution < 1.29 is 14.3 Å². The number of pyridine rings is 1. The topological polar surface area (TPSA) is 85.5 Å². The van der Waals surface area contributed by atoms with Gasteiger partial charge in [0, 0.05) is 17.9 Å². The fraction of sp³-hybridized carbons (Fsp3) is 0.350. The number of rotatable bonds is 4. The summed E-state index contributed by atoms with van der Waals surface area (Å²) in [5, 5.41) is 0.280. The summed E-state index contributed by atoms with van der Waals surface area (Å²) < 4.78 is 5.52. The van der Waals surface area contributed by atoms with E-state index in [-0.39, 0.29) is 29.0 Å². The fourth-order valence-corrected chi connectivity index (χ4v) is 3.59. The van der Waals surface area contributed by atoms with Gasteiger partial charge in [0.25, 0.3) is 5.91 Å². The van der Waals surface area contributed by atoms with Crippen LogP contribution in [0.4, 0.5) is 5.69 Å². The number of halogens is 1. The maximum atomic E-state index is 13.2. The first kappa shape index (κ1) is 19.2. The first-order valence-electron chi connectivity index (χ1n) is 8.83. The Hall–Kier alpha value is -2.60. The van der Waals surface area contributed by atoms with E-state index in [1.165, 1.54) is 6.20 Å². The molecule has 0 bridgehead atoms. The summed E-state index contributed by atoms with van der Waals surface area (Å²) in [6.45, 7) is 5.65. The van der Waals surface area contributed by atoms with Crippen molar-refractivity contribution in [2.75, 3.05) is 4.90 Å². The molecule has 7 heteroatoms. The van der Waals surface area contributed by atoms with Crippen molar-refractivity contribution in [2.24, 2.45) is 5.73 Å². The lowest BCUT2D eigenvalue weighted by Crippen LogP contribution is -2.45. The molecular formula is C20H22ClN3O3. The highest BCUT2D eigenvalue weighted by molar-refractivity contribution is 6.32. The number of nitrogens with zero attached hydrogens (tertiary/aromatic N) is 2. The molecule has 0 fully saturated rings. The lowest BCUT2D eigenvalue weighted by Gasteiger charge is -2.38. The Labute approximate surface area is 163 Å². The van der Waals surface area contributed by atoms with E-state index in [0.29, 0.717) is 23.6 Å². The molecule has 0 radical (unpaired) electrons. The molecule has 2 atom stereocenters. The largest absolute Gasteiger partial charge is 0.474 e. The van der Waals surface area contributed by atoms with Crippen LogP contribution in [0.3, 0.4) is 0 Å². The highest BCUT2D eigenvalue weighted by Crippen LogP contribution is 2.39. The number of aromatic nitrogens is 1. The number of carbonyl (C=O) groups is 2. The van der Waals surface area contributed by atoms with Gasteiger partial charge < -0.3 is 15.4 Å². The Morgan fingerprint density at radius 2 is 2.04 bits per heavy atom. The van der Waals surface area contributed by atoms with Crippen molar-refractivity contribution in [1.82, 2.24) is 4.98 Å². The smallest absolute Gasteiger partial charge is 0.260 e. The summed E-state index contributed by atoms with van der Waals surface area (Å²) in [5.74, 6) is -0.738. The highest BCUT2D eigenvalue weighted by atomic mass is 35.5. The first-order valence-corrected chi connectivity index (χ1v) is 9.21. The van der Waals surface area contributed by atoms with Crippen LogP contribution in [0.2, 0.25) is 5.02 Å². The summed E-state index contributed by atoms with van der Waals surface area (Å²) in [7, 11) is 0. The lowest BCUT2D eigenvalue weighted by atomic mass is 9.85. The number of fused-ring (bicyclic) bond motifs is 1. The SMILES string of the molecule is CC(C)Oc1ncc(C(=O)N2c3ccccc3C(C(N)=O)CC2C)cc1Cl. The van der Waals surface area contributed by atoms with Crippen LogP contribution in [0.1, 0.15) is 49.0 Å². The number of ether oxygens (including phenoxy) is 1. The minimum atomic E-state index is -0.413. The zero-order chi connectivity index (χ0) is 19.7. The van der Waals surface area contributed by atoms with Crippen molar-refractivity contribution in [2.45, 2.75) is 45.3 Å². The number of amides is 2.